The molecule has 1 aromatic rings. The van der Waals surface area contributed by atoms with Crippen LogP contribution in [0.1, 0.15) is 49.5 Å². The number of ether oxygens (including phenoxy) is 1. The molecule has 0 fully saturated rings. The first-order valence-corrected chi connectivity index (χ1v) is 6.38. The molecule has 0 aliphatic heterocycles. The Morgan fingerprint density at radius 3 is 2.44 bits per heavy atom. The van der Waals surface area contributed by atoms with Crippen molar-refractivity contribution in [3.63, 3.8) is 0 Å². The van der Waals surface area contributed by atoms with Crippen molar-refractivity contribution in [1.82, 2.24) is 0 Å². The molecule has 0 atom stereocenters. The molecule has 100 valence electrons. The molecule has 0 aromatic heterocycles. The summed E-state index contributed by atoms with van der Waals surface area (Å²) in [6.45, 7) is 7.52. The number of hydrogen-bond acceptors (Lipinski definition) is 3. The minimum Gasteiger partial charge on any atom is -0.490 e. The van der Waals surface area contributed by atoms with Crippen LogP contribution in [0.4, 0.5) is 0 Å². The van der Waals surface area contributed by atoms with Crippen molar-refractivity contribution in [2.24, 2.45) is 0 Å². The fraction of sp³-hybridized carbons (Fsp3) is 0.533. The Bertz CT molecular complexity index is 420. The predicted octanol–water partition coefficient (Wildman–Crippen LogP) is 3.13. The van der Waals surface area contributed by atoms with E-state index >= 15 is 0 Å². The molecule has 0 aliphatic rings. The fourth-order valence-corrected chi connectivity index (χ4v) is 1.71. The zero-order valence-corrected chi connectivity index (χ0v) is 11.6. The van der Waals surface area contributed by atoms with Crippen LogP contribution in [0.15, 0.2) is 18.2 Å². The molecule has 3 heteroatoms. The lowest BCUT2D eigenvalue weighted by Crippen LogP contribution is -2.34. The number of carbonyl (C=O) groups is 1. The van der Waals surface area contributed by atoms with Gasteiger partial charge < -0.3 is 9.84 Å². The van der Waals surface area contributed by atoms with Gasteiger partial charge in [-0.25, -0.2) is 0 Å². The maximum atomic E-state index is 11.5. The van der Waals surface area contributed by atoms with Gasteiger partial charge in [0.05, 0.1) is 11.2 Å². The Morgan fingerprint density at radius 2 is 1.94 bits per heavy atom. The summed E-state index contributed by atoms with van der Waals surface area (Å²) in [6, 6.07) is 5.51. The average Bonchev–Trinajstić information content (AvgIpc) is 2.36. The van der Waals surface area contributed by atoms with Crippen LogP contribution in [0.25, 0.3) is 0 Å². The van der Waals surface area contributed by atoms with Gasteiger partial charge in [-0.05, 0) is 38.8 Å². The summed E-state index contributed by atoms with van der Waals surface area (Å²) in [5, 5.41) is 10.2. The third-order valence-electron chi connectivity index (χ3n) is 3.33. The minimum atomic E-state index is -0.820. The number of carbonyl (C=O) groups excluding carboxylic acids is 1. The maximum absolute atomic E-state index is 11.5. The maximum Gasteiger partial charge on any atom is 0.163 e. The van der Waals surface area contributed by atoms with Crippen LogP contribution in [-0.4, -0.2) is 23.1 Å². The normalized spacial score (nSPS) is 11.4. The van der Waals surface area contributed by atoms with Crippen LogP contribution >= 0.6 is 0 Å². The Balaban J connectivity index is 2.88. The summed E-state index contributed by atoms with van der Waals surface area (Å²) >= 11 is 0. The molecule has 1 N–H and O–H groups in total. The molecule has 0 amide bonds. The van der Waals surface area contributed by atoms with Gasteiger partial charge in [-0.15, -0.1) is 0 Å². The molecule has 3 nitrogen and oxygen atoms in total. The summed E-state index contributed by atoms with van der Waals surface area (Å²) in [5.41, 5.74) is 0.775. The van der Waals surface area contributed by atoms with Gasteiger partial charge in [0.15, 0.2) is 5.78 Å². The van der Waals surface area contributed by atoms with E-state index < -0.39 is 5.60 Å². The molecule has 0 saturated heterocycles. The van der Waals surface area contributed by atoms with Crippen molar-refractivity contribution >= 4 is 5.78 Å². The molecule has 1 rings (SSSR count). The molecule has 0 unspecified atom stereocenters. The van der Waals surface area contributed by atoms with Crippen LogP contribution < -0.4 is 4.74 Å². The highest BCUT2D eigenvalue weighted by Gasteiger charge is 2.23. The van der Waals surface area contributed by atoms with E-state index in [0.717, 1.165) is 5.56 Å². The van der Waals surface area contributed by atoms with Crippen LogP contribution in [0.5, 0.6) is 5.75 Å². The lowest BCUT2D eigenvalue weighted by molar-refractivity contribution is -0.0115. The molecule has 1 aromatic carbocycles. The number of Topliss-reactive ketones (excluding diaryl/α,β-unsaturated/α-hetero) is 1. The first-order valence-electron chi connectivity index (χ1n) is 6.38. The molecule has 0 heterocycles. The Labute approximate surface area is 109 Å². The molecule has 0 radical (unpaired) electrons. The van der Waals surface area contributed by atoms with Crippen LogP contribution in [0.2, 0.25) is 0 Å². The third kappa shape index (κ3) is 3.57. The van der Waals surface area contributed by atoms with Crippen LogP contribution in [0, 0.1) is 6.92 Å². The summed E-state index contributed by atoms with van der Waals surface area (Å²) in [4.78, 5) is 11.5. The van der Waals surface area contributed by atoms with Crippen LogP contribution in [-0.2, 0) is 0 Å². The minimum absolute atomic E-state index is 0.0229. The highest BCUT2D eigenvalue weighted by molar-refractivity contribution is 5.97. The first-order chi connectivity index (χ1) is 8.41. The first kappa shape index (κ1) is 14.7. The van der Waals surface area contributed by atoms with Gasteiger partial charge in [0.2, 0.25) is 0 Å². The molecular weight excluding hydrogens is 228 g/mol. The lowest BCUT2D eigenvalue weighted by atomic mass is 9.99. The second-order valence-corrected chi connectivity index (χ2v) is 4.78. The van der Waals surface area contributed by atoms with Gasteiger partial charge in [-0.3, -0.25) is 4.79 Å². The van der Waals surface area contributed by atoms with Crippen molar-refractivity contribution in [1.29, 1.82) is 0 Å². The number of ketones is 1. The predicted molar refractivity (Wildman–Crippen MR) is 72.2 cm³/mol. The van der Waals surface area contributed by atoms with Crippen molar-refractivity contribution in [3.05, 3.63) is 29.3 Å². The lowest BCUT2D eigenvalue weighted by Gasteiger charge is -2.25. The number of rotatable bonds is 6. The third-order valence-corrected chi connectivity index (χ3v) is 3.33. The summed E-state index contributed by atoms with van der Waals surface area (Å²) in [6.07, 6.45) is 1.26. The second-order valence-electron chi connectivity index (χ2n) is 4.78. The van der Waals surface area contributed by atoms with E-state index in [1.54, 1.807) is 6.07 Å². The van der Waals surface area contributed by atoms with E-state index in [9.17, 15) is 9.90 Å². The molecule has 0 bridgehead atoms. The number of aliphatic hydroxyl groups is 1. The van der Waals surface area contributed by atoms with Gasteiger partial charge in [0, 0.05) is 0 Å². The quantitative estimate of drug-likeness (QED) is 0.789. The van der Waals surface area contributed by atoms with Gasteiger partial charge in [-0.2, -0.15) is 0 Å². The van der Waals surface area contributed by atoms with E-state index in [-0.39, 0.29) is 12.4 Å². The van der Waals surface area contributed by atoms with Gasteiger partial charge >= 0.3 is 0 Å². The van der Waals surface area contributed by atoms with Crippen LogP contribution in [0.3, 0.4) is 0 Å². The highest BCUT2D eigenvalue weighted by Crippen LogP contribution is 2.23. The highest BCUT2D eigenvalue weighted by atomic mass is 16.5. The van der Waals surface area contributed by atoms with E-state index in [2.05, 4.69) is 0 Å². The topological polar surface area (TPSA) is 46.5 Å². The summed E-state index contributed by atoms with van der Waals surface area (Å²) in [7, 11) is 0. The van der Waals surface area contributed by atoms with Crippen molar-refractivity contribution < 1.29 is 14.6 Å². The van der Waals surface area contributed by atoms with Gasteiger partial charge in [-0.1, -0.05) is 25.5 Å². The number of benzene rings is 1. The van der Waals surface area contributed by atoms with Crippen molar-refractivity contribution in [2.75, 3.05) is 6.61 Å². The Kier molecular flexibility index (Phi) is 4.91. The van der Waals surface area contributed by atoms with E-state index in [4.69, 9.17) is 4.74 Å². The molecular formula is C15H22O3. The Hall–Kier alpha value is -1.35. The Morgan fingerprint density at radius 1 is 1.33 bits per heavy atom. The fourth-order valence-electron chi connectivity index (χ4n) is 1.71. The van der Waals surface area contributed by atoms with Gasteiger partial charge in [0.25, 0.3) is 0 Å². The average molecular weight is 250 g/mol. The zero-order chi connectivity index (χ0) is 13.8. The molecule has 18 heavy (non-hydrogen) atoms. The monoisotopic (exact) mass is 250 g/mol. The number of aryl methyl sites for hydroxylation is 1. The smallest absolute Gasteiger partial charge is 0.163 e. The van der Waals surface area contributed by atoms with E-state index in [1.165, 1.54) is 6.92 Å². The van der Waals surface area contributed by atoms with Crippen molar-refractivity contribution in [2.45, 2.75) is 46.1 Å². The van der Waals surface area contributed by atoms with E-state index in [0.29, 0.717) is 24.2 Å². The number of hydrogen-bond donors (Lipinski definition) is 1. The van der Waals surface area contributed by atoms with E-state index in [1.807, 2.05) is 32.9 Å². The largest absolute Gasteiger partial charge is 0.490 e. The standard InChI is InChI=1S/C15H22O3/c1-5-15(17,6-2)10-18-14-8-7-11(3)9-13(14)12(4)16/h7-9,17H,5-6,10H2,1-4H3. The molecule has 0 aliphatic carbocycles. The second kappa shape index (κ2) is 6.01. The SMILES string of the molecule is CCC(O)(CC)COc1ccc(C)cc1C(C)=O. The zero-order valence-electron chi connectivity index (χ0n) is 11.6. The van der Waals surface area contributed by atoms with Gasteiger partial charge in [0.1, 0.15) is 12.4 Å². The summed E-state index contributed by atoms with van der Waals surface area (Å²) in [5.74, 6) is 0.527. The molecule has 0 saturated carbocycles. The molecule has 0 spiro atoms. The van der Waals surface area contributed by atoms with Crippen molar-refractivity contribution in [3.8, 4) is 5.75 Å². The summed E-state index contributed by atoms with van der Waals surface area (Å²) < 4.78 is 5.63.